The maximum Gasteiger partial charge on any atom is 0.0598 e. The van der Waals surface area contributed by atoms with Crippen LogP contribution in [0.2, 0.25) is 10.0 Å². The van der Waals surface area contributed by atoms with Crippen molar-refractivity contribution in [3.8, 4) is 0 Å². The minimum absolute atomic E-state index is 0.147. The molecule has 118 valence electrons. The molecule has 6 heteroatoms. The summed E-state index contributed by atoms with van der Waals surface area (Å²) < 4.78 is 22.7. The third-order valence-electron chi connectivity index (χ3n) is 2.67. The van der Waals surface area contributed by atoms with Gasteiger partial charge in [-0.25, -0.2) is 4.72 Å². The largest absolute Gasteiger partial charge is 0.760 e. The highest BCUT2D eigenvalue weighted by Crippen LogP contribution is 2.25. The van der Waals surface area contributed by atoms with Crippen molar-refractivity contribution >= 4 is 40.0 Å². The van der Waals surface area contributed by atoms with Crippen molar-refractivity contribution in [2.45, 2.75) is 6.92 Å². The van der Waals surface area contributed by atoms with Crippen LogP contribution in [-0.2, 0) is 11.3 Å². The van der Waals surface area contributed by atoms with Crippen LogP contribution in [0, 0.1) is 6.92 Å². The van der Waals surface area contributed by atoms with Gasteiger partial charge in [0.15, 0.2) is 0 Å². The number of nitrogens with one attached hydrogen (secondary N) is 1. The van der Waals surface area contributed by atoms with Gasteiger partial charge in [-0.2, -0.15) is 0 Å². The third-order valence-corrected chi connectivity index (χ3v) is 3.79. The number of halogens is 2. The van der Waals surface area contributed by atoms with Gasteiger partial charge < -0.3 is 4.55 Å². The average molecular weight is 357 g/mol. The normalized spacial score (nSPS) is 11.3. The second kappa shape index (κ2) is 9.77. The molecular formula is C16H16Cl2NO2S-. The zero-order chi connectivity index (χ0) is 16.5. The van der Waals surface area contributed by atoms with Crippen molar-refractivity contribution in [3.05, 3.63) is 76.3 Å². The number of hydrogen-bond donors (Lipinski definition) is 1. The van der Waals surface area contributed by atoms with E-state index in [1.54, 1.807) is 18.2 Å². The van der Waals surface area contributed by atoms with Gasteiger partial charge in [-0.1, -0.05) is 71.7 Å². The summed E-state index contributed by atoms with van der Waals surface area (Å²) >= 11 is 9.25. The van der Waals surface area contributed by atoms with E-state index in [0.29, 0.717) is 15.6 Å². The van der Waals surface area contributed by atoms with Gasteiger partial charge >= 0.3 is 0 Å². The smallest absolute Gasteiger partial charge is 0.0598 e. The maximum atomic E-state index is 10.3. The lowest BCUT2D eigenvalue weighted by atomic mass is 10.1. The summed E-state index contributed by atoms with van der Waals surface area (Å²) in [6.45, 7) is 5.96. The Labute approximate surface area is 143 Å². The summed E-state index contributed by atoms with van der Waals surface area (Å²) in [5.41, 5.74) is 2.70. The molecule has 1 atom stereocenters. The highest BCUT2D eigenvalue weighted by atomic mass is 35.5. The van der Waals surface area contributed by atoms with Gasteiger partial charge in [-0.15, -0.1) is 0 Å². The molecule has 0 fully saturated rings. The van der Waals surface area contributed by atoms with E-state index in [9.17, 15) is 8.76 Å². The summed E-state index contributed by atoms with van der Waals surface area (Å²) in [6.07, 6.45) is 0. The number of aryl methyl sites for hydroxylation is 1. The summed E-state index contributed by atoms with van der Waals surface area (Å²) in [7, 11) is 0. The molecule has 0 aromatic heterocycles. The van der Waals surface area contributed by atoms with Crippen LogP contribution in [-0.4, -0.2) is 15.3 Å². The van der Waals surface area contributed by atoms with Crippen molar-refractivity contribution in [1.29, 1.82) is 0 Å². The zero-order valence-electron chi connectivity index (χ0n) is 12.0. The van der Waals surface area contributed by atoms with E-state index in [2.05, 4.69) is 30.4 Å². The van der Waals surface area contributed by atoms with Crippen LogP contribution in [0.5, 0.6) is 0 Å². The molecule has 0 aliphatic rings. The molecule has 0 bridgehead atoms. The molecule has 0 heterocycles. The van der Waals surface area contributed by atoms with Crippen molar-refractivity contribution in [2.75, 3.05) is 6.54 Å². The Bertz CT molecular complexity index is 648. The topological polar surface area (TPSA) is 52.2 Å². The van der Waals surface area contributed by atoms with Crippen molar-refractivity contribution in [3.63, 3.8) is 0 Å². The molecule has 0 aliphatic heterocycles. The van der Waals surface area contributed by atoms with Crippen molar-refractivity contribution in [1.82, 2.24) is 4.72 Å². The lowest BCUT2D eigenvalue weighted by Crippen LogP contribution is -2.18. The van der Waals surface area contributed by atoms with E-state index in [4.69, 9.17) is 23.2 Å². The van der Waals surface area contributed by atoms with Crippen LogP contribution in [0.25, 0.3) is 5.57 Å². The van der Waals surface area contributed by atoms with Crippen LogP contribution in [0.4, 0.5) is 0 Å². The van der Waals surface area contributed by atoms with Crippen LogP contribution < -0.4 is 4.72 Å². The van der Waals surface area contributed by atoms with Crippen LogP contribution in [0.3, 0.4) is 0 Å². The SMILES string of the molecule is C=C(CNS(=O)[O-])c1ccc(Cl)c(Cl)c1.Cc1ccccc1. The first-order chi connectivity index (χ1) is 10.4. The predicted octanol–water partition coefficient (Wildman–Crippen LogP) is 4.39. The molecule has 3 nitrogen and oxygen atoms in total. The van der Waals surface area contributed by atoms with E-state index < -0.39 is 11.3 Å². The monoisotopic (exact) mass is 356 g/mol. The van der Waals surface area contributed by atoms with Gasteiger partial charge in [0, 0.05) is 17.8 Å². The molecule has 0 saturated heterocycles. The Morgan fingerprint density at radius 2 is 1.82 bits per heavy atom. The van der Waals surface area contributed by atoms with Gasteiger partial charge in [-0.3, -0.25) is 4.21 Å². The predicted molar refractivity (Wildman–Crippen MR) is 93.6 cm³/mol. The second-order valence-corrected chi connectivity index (χ2v) is 6.02. The third kappa shape index (κ3) is 7.20. The molecule has 0 radical (unpaired) electrons. The molecule has 2 aromatic carbocycles. The minimum atomic E-state index is -2.29. The zero-order valence-corrected chi connectivity index (χ0v) is 14.3. The van der Waals surface area contributed by atoms with E-state index in [-0.39, 0.29) is 6.54 Å². The first-order valence-electron chi connectivity index (χ1n) is 6.37. The van der Waals surface area contributed by atoms with Crippen LogP contribution in [0.1, 0.15) is 11.1 Å². The Morgan fingerprint density at radius 3 is 2.27 bits per heavy atom. The Morgan fingerprint density at radius 1 is 1.18 bits per heavy atom. The standard InChI is InChI=1S/C9H9Cl2NO2S.C7H8/c1-6(5-12-15(13)14)7-2-3-8(10)9(11)4-7;1-7-5-3-2-4-6-7/h2-4,12H,1,5H2,(H,13,14);2-6H,1H3/p-1. The molecule has 22 heavy (non-hydrogen) atoms. The summed E-state index contributed by atoms with van der Waals surface area (Å²) in [5.74, 6) is 0. The van der Waals surface area contributed by atoms with E-state index in [1.807, 2.05) is 18.2 Å². The van der Waals surface area contributed by atoms with Gasteiger partial charge in [0.05, 0.1) is 10.0 Å². The Hall–Kier alpha value is -1.17. The van der Waals surface area contributed by atoms with Gasteiger partial charge in [0.1, 0.15) is 0 Å². The molecule has 1 unspecified atom stereocenters. The number of benzene rings is 2. The molecule has 0 saturated carbocycles. The molecule has 0 spiro atoms. The summed E-state index contributed by atoms with van der Waals surface area (Å²) in [5, 5.41) is 0.868. The quantitative estimate of drug-likeness (QED) is 0.826. The molecule has 0 amide bonds. The molecule has 2 aromatic rings. The number of hydrogen-bond acceptors (Lipinski definition) is 2. The fourth-order valence-corrected chi connectivity index (χ4v) is 2.09. The van der Waals surface area contributed by atoms with Crippen LogP contribution >= 0.6 is 23.2 Å². The maximum absolute atomic E-state index is 10.3. The first kappa shape index (κ1) is 18.9. The highest BCUT2D eigenvalue weighted by Gasteiger charge is 2.02. The second-order valence-electron chi connectivity index (χ2n) is 4.44. The molecule has 0 aliphatic carbocycles. The average Bonchev–Trinajstić information content (AvgIpc) is 2.49. The van der Waals surface area contributed by atoms with E-state index in [0.717, 1.165) is 5.56 Å². The van der Waals surface area contributed by atoms with Crippen molar-refractivity contribution in [2.24, 2.45) is 0 Å². The fraction of sp³-hybridized carbons (Fsp3) is 0.125. The summed E-state index contributed by atoms with van der Waals surface area (Å²) in [4.78, 5) is 0. The number of rotatable bonds is 4. The highest BCUT2D eigenvalue weighted by molar-refractivity contribution is 7.77. The van der Waals surface area contributed by atoms with Gasteiger partial charge in [-0.05, 0) is 30.2 Å². The molecular weight excluding hydrogens is 341 g/mol. The van der Waals surface area contributed by atoms with Crippen molar-refractivity contribution < 1.29 is 8.76 Å². The fourth-order valence-electron chi connectivity index (χ4n) is 1.50. The Kier molecular flexibility index (Phi) is 8.38. The molecule has 2 rings (SSSR count). The molecule has 1 N–H and O–H groups in total. The van der Waals surface area contributed by atoms with Crippen LogP contribution in [0.15, 0.2) is 55.1 Å². The lowest BCUT2D eigenvalue weighted by Gasteiger charge is -2.10. The minimum Gasteiger partial charge on any atom is -0.760 e. The summed E-state index contributed by atoms with van der Waals surface area (Å²) in [6, 6.07) is 15.3. The van der Waals surface area contributed by atoms with Gasteiger partial charge in [0.25, 0.3) is 0 Å². The lowest BCUT2D eigenvalue weighted by molar-refractivity contribution is 0.527. The Balaban J connectivity index is 0.000000287. The van der Waals surface area contributed by atoms with E-state index in [1.165, 1.54) is 5.56 Å². The van der Waals surface area contributed by atoms with Gasteiger partial charge in [0.2, 0.25) is 0 Å². The first-order valence-corrected chi connectivity index (χ1v) is 8.21. The van der Waals surface area contributed by atoms with E-state index >= 15 is 0 Å².